The van der Waals surface area contributed by atoms with Crippen molar-refractivity contribution in [1.82, 2.24) is 4.90 Å². The van der Waals surface area contributed by atoms with E-state index in [2.05, 4.69) is 46.2 Å². The van der Waals surface area contributed by atoms with Crippen molar-refractivity contribution in [3.8, 4) is 0 Å². The first-order valence-corrected chi connectivity index (χ1v) is 9.64. The molecule has 0 aliphatic carbocycles. The smallest absolute Gasteiger partial charge is 0.329 e. The number of anilines is 1. The number of halogens is 1. The number of nitrogens with zero attached hydrogens (tertiary/aromatic N) is 2. The van der Waals surface area contributed by atoms with Gasteiger partial charge in [-0.2, -0.15) is 0 Å². The van der Waals surface area contributed by atoms with E-state index in [-0.39, 0.29) is 12.6 Å². The third-order valence-corrected chi connectivity index (χ3v) is 5.62. The molecule has 5 nitrogen and oxygen atoms in total. The first-order valence-electron chi connectivity index (χ1n) is 9.26. The number of ether oxygens (including phenoxy) is 1. The molecule has 1 saturated heterocycles. The molecular weight excluding hydrogens is 364 g/mol. The summed E-state index contributed by atoms with van der Waals surface area (Å²) in [5, 5.41) is 9.48. The number of rotatable bonds is 5. The normalized spacial score (nSPS) is 19.0. The van der Waals surface area contributed by atoms with Crippen LogP contribution in [0.5, 0.6) is 0 Å². The second-order valence-corrected chi connectivity index (χ2v) is 7.54. The third kappa shape index (κ3) is 3.95. The van der Waals surface area contributed by atoms with E-state index in [4.69, 9.17) is 21.4 Å². The Balaban J connectivity index is 1.57. The molecule has 2 aromatic carbocycles. The van der Waals surface area contributed by atoms with Gasteiger partial charge in [-0.25, -0.2) is 4.79 Å². The molecule has 0 spiro atoms. The lowest BCUT2D eigenvalue weighted by atomic mass is 9.96. The topological polar surface area (TPSA) is 53.0 Å². The number of fused-ring (bicyclic) bond motifs is 5. The van der Waals surface area contributed by atoms with Crippen LogP contribution in [0, 0.1) is 0 Å². The molecular formula is C21H23ClN2O3. The molecule has 1 unspecified atom stereocenters. The summed E-state index contributed by atoms with van der Waals surface area (Å²) in [4.78, 5) is 15.5. The summed E-state index contributed by atoms with van der Waals surface area (Å²) < 4.78 is 5.23. The Hall–Kier alpha value is -2.08. The van der Waals surface area contributed by atoms with Gasteiger partial charge in [0.15, 0.2) is 0 Å². The second kappa shape index (κ2) is 7.89. The van der Waals surface area contributed by atoms with Crippen molar-refractivity contribution in [2.75, 3.05) is 44.3 Å². The summed E-state index contributed by atoms with van der Waals surface area (Å²) in [5.41, 5.74) is 5.25. The summed E-state index contributed by atoms with van der Waals surface area (Å²) in [6, 6.07) is 15.1. The zero-order chi connectivity index (χ0) is 18.8. The standard InChI is InChI=1S/C21H23ClN2O3/c22-17-5-6-19-16(12-17)11-15-3-1-2-4-18(15)20-13-23(7-8-24(19)20)9-10-27-14-21(25)26/h1-6,12,20H,7-11,13-14H2,(H,25,26). The monoisotopic (exact) mass is 386 g/mol. The second-order valence-electron chi connectivity index (χ2n) is 7.10. The van der Waals surface area contributed by atoms with E-state index in [1.54, 1.807) is 0 Å². The summed E-state index contributed by atoms with van der Waals surface area (Å²) in [7, 11) is 0. The van der Waals surface area contributed by atoms with Gasteiger partial charge in [-0.15, -0.1) is 0 Å². The highest BCUT2D eigenvalue weighted by Gasteiger charge is 2.33. The quantitative estimate of drug-likeness (QED) is 0.800. The predicted octanol–water partition coefficient (Wildman–Crippen LogP) is 3.21. The van der Waals surface area contributed by atoms with Crippen LogP contribution in [0.4, 0.5) is 5.69 Å². The molecule has 1 atom stereocenters. The van der Waals surface area contributed by atoms with Gasteiger partial charge in [0, 0.05) is 36.9 Å². The molecule has 1 N–H and O–H groups in total. The fourth-order valence-corrected chi connectivity index (χ4v) is 4.35. The Morgan fingerprint density at radius 1 is 1.19 bits per heavy atom. The number of hydrogen-bond donors (Lipinski definition) is 1. The molecule has 0 bridgehead atoms. The molecule has 4 rings (SSSR count). The van der Waals surface area contributed by atoms with Gasteiger partial charge in [-0.1, -0.05) is 35.9 Å². The van der Waals surface area contributed by atoms with Crippen LogP contribution in [0.1, 0.15) is 22.7 Å². The molecule has 0 radical (unpaired) electrons. The van der Waals surface area contributed by atoms with Crippen LogP contribution in [0.2, 0.25) is 5.02 Å². The zero-order valence-corrected chi connectivity index (χ0v) is 15.9. The highest BCUT2D eigenvalue weighted by molar-refractivity contribution is 6.30. The van der Waals surface area contributed by atoms with Crippen LogP contribution >= 0.6 is 11.6 Å². The molecule has 2 heterocycles. The van der Waals surface area contributed by atoms with Crippen molar-refractivity contribution < 1.29 is 14.6 Å². The molecule has 0 saturated carbocycles. The Morgan fingerprint density at radius 2 is 2.04 bits per heavy atom. The van der Waals surface area contributed by atoms with Crippen LogP contribution < -0.4 is 4.90 Å². The highest BCUT2D eigenvalue weighted by Crippen LogP contribution is 2.39. The first kappa shape index (κ1) is 18.3. The van der Waals surface area contributed by atoms with Crippen LogP contribution in [0.15, 0.2) is 42.5 Å². The Kier molecular flexibility index (Phi) is 5.34. The average molecular weight is 387 g/mol. The summed E-state index contributed by atoms with van der Waals surface area (Å²) >= 11 is 6.27. The third-order valence-electron chi connectivity index (χ3n) is 5.39. The Labute approximate surface area is 164 Å². The molecule has 2 aliphatic heterocycles. The molecule has 142 valence electrons. The van der Waals surface area contributed by atoms with Gasteiger partial charge in [0.1, 0.15) is 6.61 Å². The minimum absolute atomic E-state index is 0.236. The largest absolute Gasteiger partial charge is 0.480 e. The lowest BCUT2D eigenvalue weighted by Gasteiger charge is -2.43. The molecule has 1 fully saturated rings. The first-order chi connectivity index (χ1) is 13.1. The van der Waals surface area contributed by atoms with E-state index in [1.165, 1.54) is 22.4 Å². The Morgan fingerprint density at radius 3 is 2.89 bits per heavy atom. The van der Waals surface area contributed by atoms with Crippen LogP contribution in [0.3, 0.4) is 0 Å². The van der Waals surface area contributed by atoms with E-state index in [1.807, 2.05) is 6.07 Å². The summed E-state index contributed by atoms with van der Waals surface area (Å²) in [6.45, 7) is 3.69. The van der Waals surface area contributed by atoms with E-state index in [9.17, 15) is 4.79 Å². The van der Waals surface area contributed by atoms with Crippen molar-refractivity contribution in [2.45, 2.75) is 12.5 Å². The van der Waals surface area contributed by atoms with Crippen LogP contribution in [-0.4, -0.2) is 55.4 Å². The average Bonchev–Trinajstić information content (AvgIpc) is 2.79. The van der Waals surface area contributed by atoms with Crippen molar-refractivity contribution in [3.05, 3.63) is 64.2 Å². The highest BCUT2D eigenvalue weighted by atomic mass is 35.5. The summed E-state index contributed by atoms with van der Waals surface area (Å²) in [5.74, 6) is -0.923. The molecule has 27 heavy (non-hydrogen) atoms. The summed E-state index contributed by atoms with van der Waals surface area (Å²) in [6.07, 6.45) is 0.890. The Bertz CT molecular complexity index is 842. The van der Waals surface area contributed by atoms with Gasteiger partial charge >= 0.3 is 5.97 Å². The van der Waals surface area contributed by atoms with Gasteiger partial charge in [0.2, 0.25) is 0 Å². The van der Waals surface area contributed by atoms with Crippen molar-refractivity contribution >= 4 is 23.3 Å². The number of piperazine rings is 1. The van der Waals surface area contributed by atoms with Gasteiger partial charge in [0.25, 0.3) is 0 Å². The van der Waals surface area contributed by atoms with Gasteiger partial charge in [-0.05, 0) is 41.3 Å². The van der Waals surface area contributed by atoms with E-state index < -0.39 is 5.97 Å². The SMILES string of the molecule is O=C(O)COCCN1CCN2c3ccc(Cl)cc3Cc3ccccc3C2C1. The minimum Gasteiger partial charge on any atom is -0.480 e. The van der Waals surface area contributed by atoms with Gasteiger partial charge in [-0.3, -0.25) is 4.90 Å². The van der Waals surface area contributed by atoms with Crippen molar-refractivity contribution in [3.63, 3.8) is 0 Å². The lowest BCUT2D eigenvalue weighted by molar-refractivity contribution is -0.142. The number of aliphatic carboxylic acids is 1. The molecule has 0 amide bonds. The van der Waals surface area contributed by atoms with Gasteiger partial charge < -0.3 is 14.7 Å². The number of hydrogen-bond acceptors (Lipinski definition) is 4. The number of carboxylic acid groups (broad SMARTS) is 1. The van der Waals surface area contributed by atoms with Gasteiger partial charge in [0.05, 0.1) is 12.6 Å². The van der Waals surface area contributed by atoms with Crippen molar-refractivity contribution in [2.24, 2.45) is 0 Å². The lowest BCUT2D eigenvalue weighted by Crippen LogP contribution is -2.49. The fourth-order valence-electron chi connectivity index (χ4n) is 4.15. The van der Waals surface area contributed by atoms with Crippen molar-refractivity contribution in [1.29, 1.82) is 0 Å². The fraction of sp³-hybridized carbons (Fsp3) is 0.381. The molecule has 2 aromatic rings. The molecule has 0 aromatic heterocycles. The number of carbonyl (C=O) groups is 1. The number of carboxylic acids is 1. The predicted molar refractivity (Wildman–Crippen MR) is 106 cm³/mol. The van der Waals surface area contributed by atoms with E-state index in [0.717, 1.165) is 37.6 Å². The van der Waals surface area contributed by atoms with E-state index >= 15 is 0 Å². The van der Waals surface area contributed by atoms with Crippen LogP contribution in [-0.2, 0) is 16.0 Å². The molecule has 2 aliphatic rings. The number of benzene rings is 2. The van der Waals surface area contributed by atoms with Crippen LogP contribution in [0.25, 0.3) is 0 Å². The maximum absolute atomic E-state index is 10.6. The minimum atomic E-state index is -0.923. The maximum atomic E-state index is 10.6. The van der Waals surface area contributed by atoms with E-state index in [0.29, 0.717) is 6.61 Å². The zero-order valence-electron chi connectivity index (χ0n) is 15.1. The maximum Gasteiger partial charge on any atom is 0.329 e. The molecule has 6 heteroatoms.